The number of benzene rings is 2. The first-order valence-corrected chi connectivity index (χ1v) is 15.5. The number of hydrogen-bond donors (Lipinski definition) is 0. The monoisotopic (exact) mass is 531 g/mol. The normalized spacial score (nSPS) is 23.0. The van der Waals surface area contributed by atoms with Gasteiger partial charge in [0, 0.05) is 28.2 Å². The van der Waals surface area contributed by atoms with Gasteiger partial charge in [0.1, 0.15) is 28.6 Å². The minimum atomic E-state index is -2.75. The van der Waals surface area contributed by atoms with E-state index in [1.54, 1.807) is 11.8 Å². The van der Waals surface area contributed by atoms with Crippen molar-refractivity contribution in [3.63, 3.8) is 0 Å². The Balaban J connectivity index is 1.46. The maximum atomic E-state index is 14.7. The van der Waals surface area contributed by atoms with E-state index in [9.17, 15) is 4.89 Å². The largest absolute Gasteiger partial charge is 0.650 e. The molecule has 0 bridgehead atoms. The fourth-order valence-corrected chi connectivity index (χ4v) is 11.6. The Morgan fingerprint density at radius 3 is 2.31 bits per heavy atom. The van der Waals surface area contributed by atoms with Gasteiger partial charge in [0.15, 0.2) is 0 Å². The van der Waals surface area contributed by atoms with Crippen LogP contribution >= 0.6 is 31.8 Å². The number of aryl methyl sites for hydroxylation is 1. The summed E-state index contributed by atoms with van der Waals surface area (Å²) in [6.07, 6.45) is 7.46. The Labute approximate surface area is 221 Å². The van der Waals surface area contributed by atoms with Crippen LogP contribution in [-0.2, 0) is 6.42 Å². The first-order valence-electron chi connectivity index (χ1n) is 12.6. The second-order valence-electron chi connectivity index (χ2n) is 9.84. The summed E-state index contributed by atoms with van der Waals surface area (Å²) in [4.78, 5) is 16.7. The molecule has 3 atom stereocenters. The molecule has 0 spiro atoms. The Bertz CT molecular complexity index is 975. The van der Waals surface area contributed by atoms with Gasteiger partial charge in [-0.05, 0) is 73.7 Å². The van der Waals surface area contributed by atoms with Crippen molar-refractivity contribution in [2.45, 2.75) is 62.0 Å². The van der Waals surface area contributed by atoms with Crippen LogP contribution in [0.5, 0.6) is 11.5 Å². The van der Waals surface area contributed by atoms with Crippen molar-refractivity contribution in [3.05, 3.63) is 60.2 Å². The lowest BCUT2D eigenvalue weighted by Crippen LogP contribution is -2.39. The summed E-state index contributed by atoms with van der Waals surface area (Å²) < 4.78 is 11.3. The molecule has 1 saturated carbocycles. The van der Waals surface area contributed by atoms with Crippen molar-refractivity contribution in [1.29, 1.82) is 0 Å². The molecule has 0 unspecified atom stereocenters. The van der Waals surface area contributed by atoms with Crippen LogP contribution in [0.25, 0.3) is 0 Å². The first kappa shape index (κ1) is 26.8. The number of nitrogens with zero attached hydrogens (tertiary/aromatic N) is 3. The quantitative estimate of drug-likeness (QED) is 0.305. The lowest BCUT2D eigenvalue weighted by Gasteiger charge is -2.43. The van der Waals surface area contributed by atoms with E-state index < -0.39 is 7.79 Å². The summed E-state index contributed by atoms with van der Waals surface area (Å²) in [7, 11) is 5.38. The van der Waals surface area contributed by atoms with Crippen LogP contribution in [0.2, 0.25) is 0 Å². The van der Waals surface area contributed by atoms with Crippen molar-refractivity contribution in [2.75, 3.05) is 28.2 Å². The Hall–Kier alpha value is -1.21. The molecule has 2 aromatic rings. The van der Waals surface area contributed by atoms with Gasteiger partial charge in [-0.15, -0.1) is 0 Å². The van der Waals surface area contributed by atoms with Gasteiger partial charge in [-0.3, -0.25) is 0 Å². The molecule has 0 amide bonds. The highest BCUT2D eigenvalue weighted by Crippen LogP contribution is 2.71. The summed E-state index contributed by atoms with van der Waals surface area (Å²) in [6, 6.07) is 19.0. The SMILES string of the molecule is CN(C)C(=S)S[C@H](CCCc1cccc(Oc2ccccc2)c1)[P+]1([O-])N(C)[C@H]2CCCC[C@@H]2N1C. The molecule has 2 aromatic carbocycles. The van der Waals surface area contributed by atoms with E-state index in [-0.39, 0.29) is 4.99 Å². The zero-order valence-corrected chi connectivity index (χ0v) is 23.8. The topological polar surface area (TPSA) is 42.0 Å². The van der Waals surface area contributed by atoms with Crippen LogP contribution in [-0.4, -0.2) is 63.8 Å². The number of rotatable bonds is 8. The molecule has 0 aromatic heterocycles. The highest BCUT2D eigenvalue weighted by Gasteiger charge is 2.59. The number of para-hydroxylation sites is 1. The minimum absolute atomic E-state index is 0.0400. The maximum Gasteiger partial charge on any atom is 0.148 e. The van der Waals surface area contributed by atoms with Crippen LogP contribution in [0.15, 0.2) is 54.6 Å². The molecule has 0 radical (unpaired) electrons. The summed E-state index contributed by atoms with van der Waals surface area (Å²) in [6.45, 7) is 0. The van der Waals surface area contributed by atoms with Crippen LogP contribution in [0.4, 0.5) is 0 Å². The number of thioether (sulfide) groups is 1. The predicted octanol–water partition coefficient (Wildman–Crippen LogP) is 6.02. The van der Waals surface area contributed by atoms with Crippen molar-refractivity contribution in [1.82, 2.24) is 14.2 Å². The van der Waals surface area contributed by atoms with E-state index in [0.717, 1.165) is 47.9 Å². The van der Waals surface area contributed by atoms with Gasteiger partial charge in [0.05, 0.1) is 12.1 Å². The summed E-state index contributed by atoms with van der Waals surface area (Å²) in [5.41, 5.74) is 1.23. The van der Waals surface area contributed by atoms with E-state index in [2.05, 4.69) is 35.6 Å². The van der Waals surface area contributed by atoms with E-state index in [1.807, 2.05) is 61.5 Å². The molecule has 8 heteroatoms. The molecule has 190 valence electrons. The van der Waals surface area contributed by atoms with E-state index in [1.165, 1.54) is 18.4 Å². The Kier molecular flexibility index (Phi) is 9.12. The third-order valence-electron chi connectivity index (χ3n) is 7.33. The molecule has 4 rings (SSSR count). The Morgan fingerprint density at radius 1 is 1.06 bits per heavy atom. The third kappa shape index (κ3) is 6.03. The van der Waals surface area contributed by atoms with Crippen LogP contribution in [0.3, 0.4) is 0 Å². The zero-order valence-electron chi connectivity index (χ0n) is 21.3. The highest BCUT2D eigenvalue weighted by atomic mass is 32.2. The first-order chi connectivity index (χ1) is 16.8. The molecule has 1 saturated heterocycles. The van der Waals surface area contributed by atoms with Gasteiger partial charge >= 0.3 is 0 Å². The van der Waals surface area contributed by atoms with Crippen molar-refractivity contribution in [2.24, 2.45) is 0 Å². The highest BCUT2D eigenvalue weighted by molar-refractivity contribution is 8.26. The van der Waals surface area contributed by atoms with Crippen molar-refractivity contribution < 1.29 is 9.63 Å². The molecule has 1 aliphatic carbocycles. The fraction of sp³-hybridized carbons (Fsp3) is 0.519. The number of thiocarbonyl (C=S) groups is 1. The minimum Gasteiger partial charge on any atom is -0.650 e. The molecule has 2 fully saturated rings. The van der Waals surface area contributed by atoms with Gasteiger partial charge in [-0.25, -0.2) is 0 Å². The molecule has 5 nitrogen and oxygen atoms in total. The second kappa shape index (κ2) is 11.9. The molecular formula is C27H38N3O2PS2. The van der Waals surface area contributed by atoms with Gasteiger partial charge in [-0.1, -0.05) is 55.4 Å². The van der Waals surface area contributed by atoms with E-state index >= 15 is 0 Å². The molecule has 1 heterocycles. The van der Waals surface area contributed by atoms with Crippen molar-refractivity contribution >= 4 is 36.1 Å². The molecular weight excluding hydrogens is 493 g/mol. The summed E-state index contributed by atoms with van der Waals surface area (Å²) in [5, 5.41) is 0. The third-order valence-corrected chi connectivity index (χ3v) is 13.6. The smallest absolute Gasteiger partial charge is 0.148 e. The van der Waals surface area contributed by atoms with Gasteiger partial charge < -0.3 is 14.5 Å². The number of ether oxygens (including phenoxy) is 1. The zero-order chi connectivity index (χ0) is 25.0. The van der Waals surface area contributed by atoms with Gasteiger partial charge in [0.2, 0.25) is 0 Å². The van der Waals surface area contributed by atoms with Gasteiger partial charge in [-0.2, -0.15) is 9.34 Å². The maximum absolute atomic E-state index is 14.7. The lowest BCUT2D eigenvalue weighted by molar-refractivity contribution is -0.190. The van der Waals surface area contributed by atoms with E-state index in [0.29, 0.717) is 12.1 Å². The summed E-state index contributed by atoms with van der Waals surface area (Å²) in [5.74, 6) is 1.69. The van der Waals surface area contributed by atoms with E-state index in [4.69, 9.17) is 17.0 Å². The second-order valence-corrected chi connectivity index (χ2v) is 15.1. The standard InChI is InChI=1S/C27H38N3O2PS2/c1-28(2)27(34)35-26(33(31)29(3)24-17-8-9-18-25(24)30(33)4)19-11-13-21-12-10-16-23(20-21)32-22-14-6-5-7-15-22/h5-7,10,12,14-16,20,24-26H,8-9,11,13,17-19H2,1-4H3/t24-,25-,26+/m0/s1. The molecule has 35 heavy (non-hydrogen) atoms. The average Bonchev–Trinajstić information content (AvgIpc) is 3.06. The number of fused-ring (bicyclic) bond motifs is 1. The lowest BCUT2D eigenvalue weighted by atomic mass is 9.91. The molecule has 2 aliphatic rings. The number of hydrogen-bond acceptors (Lipinski definition) is 6. The van der Waals surface area contributed by atoms with Crippen molar-refractivity contribution in [3.8, 4) is 11.5 Å². The fourth-order valence-electron chi connectivity index (χ4n) is 5.40. The number of likely N-dealkylation sites (N-methyl/N-ethyl adjacent to an activating group) is 2. The van der Waals surface area contributed by atoms with Crippen LogP contribution in [0.1, 0.15) is 44.1 Å². The molecule has 1 aliphatic heterocycles. The van der Waals surface area contributed by atoms with Crippen LogP contribution in [0, 0.1) is 0 Å². The molecule has 0 N–H and O–H groups in total. The Morgan fingerprint density at radius 2 is 1.69 bits per heavy atom. The van der Waals surface area contributed by atoms with Crippen LogP contribution < -0.4 is 9.63 Å². The van der Waals surface area contributed by atoms with Gasteiger partial charge in [0.25, 0.3) is 0 Å². The average molecular weight is 532 g/mol. The predicted molar refractivity (Wildman–Crippen MR) is 152 cm³/mol. The summed E-state index contributed by atoms with van der Waals surface area (Å²) >= 11 is 7.31.